The topological polar surface area (TPSA) is 20.2 Å². The van der Waals surface area contributed by atoms with Gasteiger partial charge in [0.15, 0.2) is 0 Å². The first kappa shape index (κ1) is 9.41. The minimum Gasteiger partial charge on any atom is -0.381 e. The lowest BCUT2D eigenvalue weighted by atomic mass is 9.85. The minimum absolute atomic E-state index is 0.296. The largest absolute Gasteiger partial charge is 0.381 e. The van der Waals surface area contributed by atoms with Crippen LogP contribution < -0.4 is 0 Å². The highest BCUT2D eigenvalue weighted by molar-refractivity contribution is 5.28. The molecular formula is C12H13FO. The fourth-order valence-corrected chi connectivity index (χ4v) is 1.85. The van der Waals surface area contributed by atoms with Crippen LogP contribution in [-0.2, 0) is 5.60 Å². The molecule has 0 saturated carbocycles. The van der Waals surface area contributed by atoms with Gasteiger partial charge in [-0.25, -0.2) is 4.39 Å². The van der Waals surface area contributed by atoms with Crippen molar-refractivity contribution in [3.8, 4) is 0 Å². The molecule has 0 fully saturated rings. The molecule has 0 spiro atoms. The van der Waals surface area contributed by atoms with Crippen molar-refractivity contribution in [1.29, 1.82) is 0 Å². The Labute approximate surface area is 82.9 Å². The van der Waals surface area contributed by atoms with E-state index < -0.39 is 5.60 Å². The summed E-state index contributed by atoms with van der Waals surface area (Å²) in [6, 6.07) is 6.18. The maximum Gasteiger partial charge on any atom is 0.123 e. The predicted molar refractivity (Wildman–Crippen MR) is 53.3 cm³/mol. The van der Waals surface area contributed by atoms with Gasteiger partial charge in [0.05, 0.1) is 0 Å². The van der Waals surface area contributed by atoms with Gasteiger partial charge in [0.1, 0.15) is 11.4 Å². The number of benzene rings is 1. The van der Waals surface area contributed by atoms with Gasteiger partial charge in [-0.05, 0) is 37.0 Å². The third-order valence-electron chi connectivity index (χ3n) is 2.65. The number of rotatable bonds is 1. The van der Waals surface area contributed by atoms with Crippen molar-refractivity contribution in [3.63, 3.8) is 0 Å². The molecule has 74 valence electrons. The summed E-state index contributed by atoms with van der Waals surface area (Å²) in [5, 5.41) is 10.2. The molecule has 0 aliphatic heterocycles. The van der Waals surface area contributed by atoms with E-state index in [2.05, 4.69) is 0 Å². The lowest BCUT2D eigenvalue weighted by Crippen LogP contribution is -2.24. The fraction of sp³-hybridized carbons (Fsp3) is 0.333. The van der Waals surface area contributed by atoms with Gasteiger partial charge in [0, 0.05) is 0 Å². The molecule has 1 aromatic carbocycles. The fourth-order valence-electron chi connectivity index (χ4n) is 1.85. The van der Waals surface area contributed by atoms with Crippen molar-refractivity contribution in [1.82, 2.24) is 0 Å². The van der Waals surface area contributed by atoms with Crippen LogP contribution in [0.1, 0.15) is 24.8 Å². The van der Waals surface area contributed by atoms with E-state index in [1.54, 1.807) is 18.2 Å². The van der Waals surface area contributed by atoms with E-state index in [1.165, 1.54) is 12.1 Å². The summed E-state index contributed by atoms with van der Waals surface area (Å²) < 4.78 is 13.0. The molecule has 0 radical (unpaired) electrons. The van der Waals surface area contributed by atoms with Crippen LogP contribution in [0, 0.1) is 5.82 Å². The van der Waals surface area contributed by atoms with Gasteiger partial charge >= 0.3 is 0 Å². The highest BCUT2D eigenvalue weighted by Gasteiger charge is 2.27. The van der Waals surface area contributed by atoms with E-state index in [0.717, 1.165) is 12.8 Å². The molecule has 1 nitrogen and oxygen atoms in total. The van der Waals surface area contributed by atoms with Gasteiger partial charge in [-0.1, -0.05) is 24.3 Å². The second kappa shape index (κ2) is 3.54. The van der Waals surface area contributed by atoms with Crippen LogP contribution in [0.25, 0.3) is 0 Å². The molecule has 1 N–H and O–H groups in total. The van der Waals surface area contributed by atoms with E-state index in [4.69, 9.17) is 0 Å². The molecule has 0 heterocycles. The van der Waals surface area contributed by atoms with Gasteiger partial charge in [0.25, 0.3) is 0 Å². The zero-order valence-corrected chi connectivity index (χ0v) is 7.91. The van der Waals surface area contributed by atoms with E-state index in [1.807, 2.05) is 6.08 Å². The summed E-state index contributed by atoms with van der Waals surface area (Å²) in [4.78, 5) is 0. The van der Waals surface area contributed by atoms with Gasteiger partial charge in [-0.2, -0.15) is 0 Å². The molecule has 0 amide bonds. The molecule has 1 aliphatic carbocycles. The van der Waals surface area contributed by atoms with Crippen LogP contribution in [-0.4, -0.2) is 5.11 Å². The summed E-state index contributed by atoms with van der Waals surface area (Å²) in [7, 11) is 0. The second-order valence-electron chi connectivity index (χ2n) is 3.73. The highest BCUT2D eigenvalue weighted by atomic mass is 19.1. The average molecular weight is 192 g/mol. The van der Waals surface area contributed by atoms with Crippen molar-refractivity contribution in [2.45, 2.75) is 24.9 Å². The third-order valence-corrected chi connectivity index (χ3v) is 2.65. The SMILES string of the molecule is OC1(c2cccc(F)c2)C=CCCC1. The zero-order chi connectivity index (χ0) is 10.0. The van der Waals surface area contributed by atoms with Crippen molar-refractivity contribution in [2.75, 3.05) is 0 Å². The van der Waals surface area contributed by atoms with Crippen molar-refractivity contribution in [3.05, 3.63) is 47.8 Å². The van der Waals surface area contributed by atoms with Crippen LogP contribution in [0.5, 0.6) is 0 Å². The van der Waals surface area contributed by atoms with Crippen LogP contribution >= 0.6 is 0 Å². The molecule has 2 heteroatoms. The minimum atomic E-state index is -0.958. The normalized spacial score (nSPS) is 26.4. The monoisotopic (exact) mass is 192 g/mol. The number of hydrogen-bond donors (Lipinski definition) is 1. The van der Waals surface area contributed by atoms with Crippen LogP contribution in [0.2, 0.25) is 0 Å². The van der Waals surface area contributed by atoms with Crippen molar-refractivity contribution >= 4 is 0 Å². The van der Waals surface area contributed by atoms with Gasteiger partial charge in [-0.15, -0.1) is 0 Å². The van der Waals surface area contributed by atoms with E-state index in [9.17, 15) is 9.50 Å². The number of allylic oxidation sites excluding steroid dienone is 1. The molecule has 14 heavy (non-hydrogen) atoms. The van der Waals surface area contributed by atoms with E-state index in [0.29, 0.717) is 12.0 Å². The van der Waals surface area contributed by atoms with Gasteiger partial charge in [-0.3, -0.25) is 0 Å². The highest BCUT2D eigenvalue weighted by Crippen LogP contribution is 2.32. The van der Waals surface area contributed by atoms with E-state index >= 15 is 0 Å². The lowest BCUT2D eigenvalue weighted by molar-refractivity contribution is 0.0723. The second-order valence-corrected chi connectivity index (χ2v) is 3.73. The maximum absolute atomic E-state index is 13.0. The molecule has 1 aliphatic rings. The Morgan fingerprint density at radius 1 is 1.36 bits per heavy atom. The van der Waals surface area contributed by atoms with E-state index in [-0.39, 0.29) is 5.82 Å². The number of hydrogen-bond acceptors (Lipinski definition) is 1. The zero-order valence-electron chi connectivity index (χ0n) is 7.91. The molecule has 1 atom stereocenters. The van der Waals surface area contributed by atoms with Crippen LogP contribution in [0.3, 0.4) is 0 Å². The Bertz CT molecular complexity index is 359. The van der Waals surface area contributed by atoms with Crippen LogP contribution in [0.4, 0.5) is 4.39 Å². The molecule has 0 aromatic heterocycles. The molecular weight excluding hydrogens is 179 g/mol. The van der Waals surface area contributed by atoms with Crippen molar-refractivity contribution < 1.29 is 9.50 Å². The first-order valence-electron chi connectivity index (χ1n) is 4.87. The lowest BCUT2D eigenvalue weighted by Gasteiger charge is -2.27. The number of aliphatic hydroxyl groups is 1. The maximum atomic E-state index is 13.0. The standard InChI is InChI=1S/C12H13FO/c13-11-6-4-5-10(9-11)12(14)7-2-1-3-8-12/h2,4-7,9,14H,1,3,8H2. The quantitative estimate of drug-likeness (QED) is 0.678. The predicted octanol–water partition coefficient (Wildman–Crippen LogP) is 2.75. The smallest absolute Gasteiger partial charge is 0.123 e. The van der Waals surface area contributed by atoms with Gasteiger partial charge < -0.3 is 5.11 Å². The average Bonchev–Trinajstić information content (AvgIpc) is 2.19. The first-order valence-corrected chi connectivity index (χ1v) is 4.87. The summed E-state index contributed by atoms with van der Waals surface area (Å²) in [5.41, 5.74) is -0.311. The summed E-state index contributed by atoms with van der Waals surface area (Å²) >= 11 is 0. The molecule has 2 rings (SSSR count). The Balaban J connectivity index is 2.37. The third kappa shape index (κ3) is 1.70. The van der Waals surface area contributed by atoms with Crippen molar-refractivity contribution in [2.24, 2.45) is 0 Å². The first-order chi connectivity index (χ1) is 6.71. The summed E-state index contributed by atoms with van der Waals surface area (Å²) in [6.45, 7) is 0. The molecule has 0 saturated heterocycles. The Morgan fingerprint density at radius 3 is 2.86 bits per heavy atom. The number of halogens is 1. The summed E-state index contributed by atoms with van der Waals surface area (Å²) in [6.07, 6.45) is 6.34. The van der Waals surface area contributed by atoms with Crippen LogP contribution in [0.15, 0.2) is 36.4 Å². The molecule has 1 unspecified atom stereocenters. The van der Waals surface area contributed by atoms with Gasteiger partial charge in [0.2, 0.25) is 0 Å². The Kier molecular flexibility index (Phi) is 2.38. The Hall–Kier alpha value is -1.15. The molecule has 1 aromatic rings. The summed E-state index contributed by atoms with van der Waals surface area (Å²) in [5.74, 6) is -0.296. The Morgan fingerprint density at radius 2 is 2.21 bits per heavy atom. The molecule has 0 bridgehead atoms.